The number of H-pyrrole nitrogens is 1. The lowest BCUT2D eigenvalue weighted by molar-refractivity contribution is 0.00695. The second-order valence-corrected chi connectivity index (χ2v) is 10.4. The van der Waals surface area contributed by atoms with E-state index in [-0.39, 0.29) is 24.2 Å². The van der Waals surface area contributed by atoms with Crippen LogP contribution in [0, 0.1) is 0 Å². The number of esters is 1. The summed E-state index contributed by atoms with van der Waals surface area (Å²) in [5.41, 5.74) is 4.76. The number of rotatable bonds is 7. The van der Waals surface area contributed by atoms with E-state index in [1.54, 1.807) is 12.1 Å². The predicted octanol–water partition coefficient (Wildman–Crippen LogP) is 5.69. The molecule has 0 saturated heterocycles. The molecule has 1 aliphatic rings. The smallest absolute Gasteiger partial charge is 0.338 e. The van der Waals surface area contributed by atoms with Crippen LogP contribution in [0.25, 0.3) is 10.9 Å². The van der Waals surface area contributed by atoms with E-state index >= 15 is 0 Å². The minimum atomic E-state index is -0.535. The van der Waals surface area contributed by atoms with Crippen molar-refractivity contribution in [3.8, 4) is 0 Å². The van der Waals surface area contributed by atoms with Crippen molar-refractivity contribution in [2.45, 2.75) is 58.5 Å². The van der Waals surface area contributed by atoms with Gasteiger partial charge >= 0.3 is 5.97 Å². The van der Waals surface area contributed by atoms with E-state index in [0.717, 1.165) is 29.7 Å². The molecule has 7 nitrogen and oxygen atoms in total. The van der Waals surface area contributed by atoms with Gasteiger partial charge in [-0.05, 0) is 86.7 Å². The zero-order chi connectivity index (χ0) is 26.0. The largest absolute Gasteiger partial charge is 0.456 e. The molecule has 0 spiro atoms. The third-order valence-electron chi connectivity index (χ3n) is 6.30. The van der Waals surface area contributed by atoms with Gasteiger partial charge < -0.3 is 19.8 Å². The number of carbonyl (C=O) groups excluding carboxylic acids is 1. The second kappa shape index (κ2) is 10.2. The van der Waals surface area contributed by atoms with Crippen molar-refractivity contribution in [2.75, 3.05) is 5.32 Å². The third-order valence-corrected chi connectivity index (χ3v) is 6.30. The van der Waals surface area contributed by atoms with Crippen molar-refractivity contribution >= 4 is 22.6 Å². The van der Waals surface area contributed by atoms with Crippen LogP contribution in [-0.2, 0) is 29.1 Å². The normalized spacial score (nSPS) is 14.9. The van der Waals surface area contributed by atoms with Gasteiger partial charge in [-0.2, -0.15) is 0 Å². The molecular formula is C30H31N3O4. The summed E-state index contributed by atoms with van der Waals surface area (Å²) in [6.07, 6.45) is 1.80. The molecule has 37 heavy (non-hydrogen) atoms. The van der Waals surface area contributed by atoms with Gasteiger partial charge in [-0.3, -0.25) is 4.79 Å². The van der Waals surface area contributed by atoms with E-state index in [1.165, 1.54) is 5.56 Å². The number of aromatic amines is 1. The SMILES string of the molecule is CC(C)(C)OC(=O)c1ccc(N[C@H]2CCc3cc4nc(COCc5ccccc5)[nH]c(=O)c4cc32)cc1. The Kier molecular flexibility index (Phi) is 6.80. The van der Waals surface area contributed by atoms with Crippen molar-refractivity contribution in [1.82, 2.24) is 9.97 Å². The van der Waals surface area contributed by atoms with E-state index in [1.807, 2.05) is 75.4 Å². The minimum Gasteiger partial charge on any atom is -0.456 e. The van der Waals surface area contributed by atoms with Crippen LogP contribution in [0.2, 0.25) is 0 Å². The topological polar surface area (TPSA) is 93.3 Å². The lowest BCUT2D eigenvalue weighted by Crippen LogP contribution is -2.23. The van der Waals surface area contributed by atoms with Crippen LogP contribution in [0.4, 0.5) is 5.69 Å². The second-order valence-electron chi connectivity index (χ2n) is 10.4. The zero-order valence-corrected chi connectivity index (χ0v) is 21.3. The number of nitrogens with one attached hydrogen (secondary N) is 2. The fraction of sp³-hybridized carbons (Fsp3) is 0.300. The number of ether oxygens (including phenoxy) is 2. The average molecular weight is 498 g/mol. The summed E-state index contributed by atoms with van der Waals surface area (Å²) in [6.45, 7) is 6.25. The van der Waals surface area contributed by atoms with Crippen LogP contribution in [0.15, 0.2) is 71.5 Å². The number of anilines is 1. The summed E-state index contributed by atoms with van der Waals surface area (Å²) in [5.74, 6) is 0.180. The molecule has 0 bridgehead atoms. The summed E-state index contributed by atoms with van der Waals surface area (Å²) in [6, 6.07) is 21.2. The number of fused-ring (bicyclic) bond motifs is 2. The molecule has 1 atom stereocenters. The highest BCUT2D eigenvalue weighted by molar-refractivity contribution is 5.90. The molecule has 3 aromatic carbocycles. The van der Waals surface area contributed by atoms with Crippen LogP contribution < -0.4 is 10.9 Å². The quantitative estimate of drug-likeness (QED) is 0.319. The van der Waals surface area contributed by atoms with Crippen molar-refractivity contribution in [1.29, 1.82) is 0 Å². The Morgan fingerprint density at radius 2 is 1.81 bits per heavy atom. The van der Waals surface area contributed by atoms with Gasteiger partial charge in [-0.1, -0.05) is 30.3 Å². The fourth-order valence-corrected chi connectivity index (χ4v) is 4.59. The summed E-state index contributed by atoms with van der Waals surface area (Å²) in [5, 5.41) is 4.11. The molecule has 1 aromatic heterocycles. The van der Waals surface area contributed by atoms with Gasteiger partial charge in [0.25, 0.3) is 5.56 Å². The van der Waals surface area contributed by atoms with Gasteiger partial charge in [0.1, 0.15) is 18.0 Å². The van der Waals surface area contributed by atoms with Gasteiger partial charge in [-0.25, -0.2) is 9.78 Å². The van der Waals surface area contributed by atoms with E-state index < -0.39 is 5.60 Å². The molecule has 2 N–H and O–H groups in total. The summed E-state index contributed by atoms with van der Waals surface area (Å²) in [4.78, 5) is 32.7. The maximum atomic E-state index is 12.9. The summed E-state index contributed by atoms with van der Waals surface area (Å²) in [7, 11) is 0. The summed E-state index contributed by atoms with van der Waals surface area (Å²) >= 11 is 0. The Morgan fingerprint density at radius 3 is 2.54 bits per heavy atom. The molecule has 1 aliphatic carbocycles. The average Bonchev–Trinajstić information content (AvgIpc) is 3.24. The number of aromatic nitrogens is 2. The summed E-state index contributed by atoms with van der Waals surface area (Å²) < 4.78 is 11.2. The van der Waals surface area contributed by atoms with Gasteiger partial charge in [0, 0.05) is 5.69 Å². The number of benzene rings is 3. The van der Waals surface area contributed by atoms with Gasteiger partial charge in [-0.15, -0.1) is 0 Å². The van der Waals surface area contributed by atoms with Crippen LogP contribution in [-0.4, -0.2) is 21.5 Å². The highest BCUT2D eigenvalue weighted by Crippen LogP contribution is 2.35. The van der Waals surface area contributed by atoms with E-state index in [4.69, 9.17) is 9.47 Å². The lowest BCUT2D eigenvalue weighted by Gasteiger charge is -2.20. The number of nitrogens with zero attached hydrogens (tertiary/aromatic N) is 1. The van der Waals surface area contributed by atoms with E-state index in [2.05, 4.69) is 15.3 Å². The van der Waals surface area contributed by atoms with Gasteiger partial charge in [0.05, 0.1) is 29.1 Å². The van der Waals surface area contributed by atoms with Gasteiger partial charge in [0.2, 0.25) is 0 Å². The molecule has 0 fully saturated rings. The number of hydrogen-bond acceptors (Lipinski definition) is 6. The molecule has 0 radical (unpaired) electrons. The molecule has 0 aliphatic heterocycles. The maximum Gasteiger partial charge on any atom is 0.338 e. The molecule has 0 amide bonds. The van der Waals surface area contributed by atoms with E-state index in [0.29, 0.717) is 28.9 Å². The number of hydrogen-bond donors (Lipinski definition) is 2. The highest BCUT2D eigenvalue weighted by atomic mass is 16.6. The first-order chi connectivity index (χ1) is 17.7. The Bertz CT molecular complexity index is 1470. The Balaban J connectivity index is 1.29. The molecular weight excluding hydrogens is 466 g/mol. The van der Waals surface area contributed by atoms with E-state index in [9.17, 15) is 9.59 Å². The van der Waals surface area contributed by atoms with Gasteiger partial charge in [0.15, 0.2) is 0 Å². The fourth-order valence-electron chi connectivity index (χ4n) is 4.59. The van der Waals surface area contributed by atoms with Crippen molar-refractivity contribution in [3.05, 3.63) is 105 Å². The van der Waals surface area contributed by atoms with Crippen molar-refractivity contribution < 1.29 is 14.3 Å². The Morgan fingerprint density at radius 1 is 1.05 bits per heavy atom. The minimum absolute atomic E-state index is 0.0695. The first-order valence-electron chi connectivity index (χ1n) is 12.5. The lowest BCUT2D eigenvalue weighted by atomic mass is 10.0. The molecule has 0 saturated carbocycles. The Hall–Kier alpha value is -3.97. The number of aryl methyl sites for hydroxylation is 1. The van der Waals surface area contributed by atoms with Crippen LogP contribution in [0.5, 0.6) is 0 Å². The third kappa shape index (κ3) is 5.89. The zero-order valence-electron chi connectivity index (χ0n) is 21.3. The first-order valence-corrected chi connectivity index (χ1v) is 12.5. The molecule has 1 heterocycles. The standard InChI is InChI=1S/C30H31N3O4/c1-30(2,3)37-29(35)20-9-12-22(13-10-20)31-25-14-11-21-15-26-24(16-23(21)25)28(34)33-27(32-26)18-36-17-19-7-5-4-6-8-19/h4-10,12-13,15-16,25,31H,11,14,17-18H2,1-3H3,(H,32,33,34)/t25-/m0/s1. The Labute approximate surface area is 215 Å². The molecule has 5 rings (SSSR count). The number of carbonyl (C=O) groups is 1. The van der Waals surface area contributed by atoms with Crippen molar-refractivity contribution in [3.63, 3.8) is 0 Å². The van der Waals surface area contributed by atoms with Crippen LogP contribution in [0.1, 0.15) is 66.1 Å². The monoisotopic (exact) mass is 497 g/mol. The predicted molar refractivity (Wildman–Crippen MR) is 144 cm³/mol. The molecule has 7 heteroatoms. The van der Waals surface area contributed by atoms with Crippen LogP contribution in [0.3, 0.4) is 0 Å². The molecule has 190 valence electrons. The highest BCUT2D eigenvalue weighted by Gasteiger charge is 2.24. The first kappa shape index (κ1) is 24.7. The molecule has 4 aromatic rings. The van der Waals surface area contributed by atoms with Crippen molar-refractivity contribution in [2.24, 2.45) is 0 Å². The molecule has 0 unspecified atom stereocenters. The maximum absolute atomic E-state index is 12.9. The van der Waals surface area contributed by atoms with Crippen LogP contribution >= 0.6 is 0 Å².